The van der Waals surface area contributed by atoms with Gasteiger partial charge in [0.05, 0.1) is 6.10 Å². The Hall–Kier alpha value is -1.39. The zero-order valence-electron chi connectivity index (χ0n) is 11.4. The molecule has 1 fully saturated rings. The Morgan fingerprint density at radius 1 is 1.37 bits per heavy atom. The molecule has 0 spiro atoms. The summed E-state index contributed by atoms with van der Waals surface area (Å²) in [6.45, 7) is 3.05. The number of hydrogen-bond acceptors (Lipinski definition) is 3. The van der Waals surface area contributed by atoms with Crippen LogP contribution in [0, 0.1) is 5.92 Å². The maximum Gasteiger partial charge on any atom is 0.221 e. The van der Waals surface area contributed by atoms with Gasteiger partial charge in [-0.2, -0.15) is 0 Å². The van der Waals surface area contributed by atoms with Crippen molar-refractivity contribution in [2.75, 3.05) is 11.9 Å². The average molecular weight is 262 g/mol. The Kier molecular flexibility index (Phi) is 4.93. The third kappa shape index (κ3) is 4.04. The van der Waals surface area contributed by atoms with Gasteiger partial charge in [-0.1, -0.05) is 24.6 Å². The summed E-state index contributed by atoms with van der Waals surface area (Å²) in [4.78, 5) is 11.1. The van der Waals surface area contributed by atoms with Crippen LogP contribution >= 0.6 is 0 Å². The molecule has 0 bridgehead atoms. The largest absolute Gasteiger partial charge is 0.393 e. The standard InChI is InChI=1S/C15H22N2O2/c1-11(18)17-14-7-3-2-5-12(14)9-16-10-13-6-4-8-15(13)19/h2-3,5,7,13,15-16,19H,4,6,8-10H2,1H3,(H,17,18). The van der Waals surface area contributed by atoms with Crippen LogP contribution in [0.3, 0.4) is 0 Å². The number of carbonyl (C=O) groups is 1. The third-order valence-electron chi connectivity index (χ3n) is 3.67. The zero-order chi connectivity index (χ0) is 13.7. The molecule has 19 heavy (non-hydrogen) atoms. The van der Waals surface area contributed by atoms with Crippen LogP contribution in [0.15, 0.2) is 24.3 Å². The molecule has 1 aromatic carbocycles. The van der Waals surface area contributed by atoms with Gasteiger partial charge in [0.25, 0.3) is 0 Å². The van der Waals surface area contributed by atoms with Crippen LogP contribution in [-0.4, -0.2) is 23.7 Å². The number of rotatable bonds is 5. The maximum atomic E-state index is 11.1. The van der Waals surface area contributed by atoms with Gasteiger partial charge in [-0.25, -0.2) is 0 Å². The van der Waals surface area contributed by atoms with E-state index >= 15 is 0 Å². The van der Waals surface area contributed by atoms with E-state index in [1.807, 2.05) is 24.3 Å². The molecule has 2 unspecified atom stereocenters. The number of anilines is 1. The first-order valence-electron chi connectivity index (χ1n) is 6.91. The van der Waals surface area contributed by atoms with Gasteiger partial charge in [0.1, 0.15) is 0 Å². The second-order valence-corrected chi connectivity index (χ2v) is 5.23. The fourth-order valence-corrected chi connectivity index (χ4v) is 2.63. The number of benzene rings is 1. The summed E-state index contributed by atoms with van der Waals surface area (Å²) in [6, 6.07) is 7.79. The lowest BCUT2D eigenvalue weighted by molar-refractivity contribution is -0.114. The van der Waals surface area contributed by atoms with Gasteiger partial charge in [0.15, 0.2) is 0 Å². The molecule has 3 N–H and O–H groups in total. The second-order valence-electron chi connectivity index (χ2n) is 5.23. The van der Waals surface area contributed by atoms with Gasteiger partial charge in [0, 0.05) is 25.7 Å². The monoisotopic (exact) mass is 262 g/mol. The molecule has 0 saturated heterocycles. The minimum Gasteiger partial charge on any atom is -0.393 e. The van der Waals surface area contributed by atoms with Crippen molar-refractivity contribution in [1.29, 1.82) is 0 Å². The molecule has 2 rings (SSSR count). The molecular weight excluding hydrogens is 240 g/mol. The number of aliphatic hydroxyl groups excluding tert-OH is 1. The Balaban J connectivity index is 1.86. The van der Waals surface area contributed by atoms with Crippen molar-refractivity contribution < 1.29 is 9.90 Å². The summed E-state index contributed by atoms with van der Waals surface area (Å²) in [6.07, 6.45) is 2.99. The number of amides is 1. The molecule has 104 valence electrons. The van der Waals surface area contributed by atoms with Crippen LogP contribution < -0.4 is 10.6 Å². The SMILES string of the molecule is CC(=O)Nc1ccccc1CNCC1CCCC1O. The molecule has 0 aromatic heterocycles. The van der Waals surface area contributed by atoms with Gasteiger partial charge in [0.2, 0.25) is 5.91 Å². The Morgan fingerprint density at radius 3 is 2.84 bits per heavy atom. The Bertz CT molecular complexity index is 434. The summed E-state index contributed by atoms with van der Waals surface area (Å²) < 4.78 is 0. The van der Waals surface area contributed by atoms with Crippen molar-refractivity contribution in [3.8, 4) is 0 Å². The zero-order valence-corrected chi connectivity index (χ0v) is 11.4. The van der Waals surface area contributed by atoms with Crippen molar-refractivity contribution in [3.63, 3.8) is 0 Å². The van der Waals surface area contributed by atoms with Crippen molar-refractivity contribution in [3.05, 3.63) is 29.8 Å². The summed E-state index contributed by atoms with van der Waals surface area (Å²) >= 11 is 0. The van der Waals surface area contributed by atoms with Crippen LogP contribution in [0.5, 0.6) is 0 Å². The summed E-state index contributed by atoms with van der Waals surface area (Å²) in [5, 5.41) is 16.0. The highest BCUT2D eigenvalue weighted by molar-refractivity contribution is 5.89. The van der Waals surface area contributed by atoms with Gasteiger partial charge in [-0.3, -0.25) is 4.79 Å². The van der Waals surface area contributed by atoms with Crippen LogP contribution in [0.25, 0.3) is 0 Å². The molecule has 1 saturated carbocycles. The minimum absolute atomic E-state index is 0.0568. The molecule has 1 amide bonds. The van der Waals surface area contributed by atoms with Gasteiger partial charge >= 0.3 is 0 Å². The summed E-state index contributed by atoms with van der Waals surface area (Å²) in [5.41, 5.74) is 1.93. The number of hydrogen-bond donors (Lipinski definition) is 3. The molecule has 1 aliphatic carbocycles. The lowest BCUT2D eigenvalue weighted by Crippen LogP contribution is -2.27. The van der Waals surface area contributed by atoms with Crippen molar-refractivity contribution in [2.45, 2.75) is 38.8 Å². The summed E-state index contributed by atoms with van der Waals surface area (Å²) in [7, 11) is 0. The smallest absolute Gasteiger partial charge is 0.221 e. The number of nitrogens with one attached hydrogen (secondary N) is 2. The van der Waals surface area contributed by atoms with Gasteiger partial charge in [-0.15, -0.1) is 0 Å². The molecule has 0 radical (unpaired) electrons. The topological polar surface area (TPSA) is 61.4 Å². The third-order valence-corrected chi connectivity index (χ3v) is 3.67. The number of para-hydroxylation sites is 1. The van der Waals surface area contributed by atoms with E-state index in [2.05, 4.69) is 10.6 Å². The highest BCUT2D eigenvalue weighted by atomic mass is 16.3. The van der Waals surface area contributed by atoms with E-state index in [0.29, 0.717) is 12.5 Å². The van der Waals surface area contributed by atoms with Crippen LogP contribution in [0.4, 0.5) is 5.69 Å². The normalized spacial score (nSPS) is 22.4. The van der Waals surface area contributed by atoms with Crippen LogP contribution in [0.2, 0.25) is 0 Å². The lowest BCUT2D eigenvalue weighted by atomic mass is 10.1. The predicted octanol–water partition coefficient (Wildman–Crippen LogP) is 1.90. The first-order valence-corrected chi connectivity index (χ1v) is 6.91. The van der Waals surface area contributed by atoms with E-state index < -0.39 is 0 Å². The molecule has 4 heteroatoms. The van der Waals surface area contributed by atoms with Crippen LogP contribution in [-0.2, 0) is 11.3 Å². The Labute approximate surface area is 114 Å². The molecule has 2 atom stereocenters. The van der Waals surface area contributed by atoms with E-state index in [1.54, 1.807) is 0 Å². The van der Waals surface area contributed by atoms with E-state index in [-0.39, 0.29) is 12.0 Å². The van der Waals surface area contributed by atoms with Gasteiger partial charge < -0.3 is 15.7 Å². The first-order chi connectivity index (χ1) is 9.16. The number of carbonyl (C=O) groups excluding carboxylic acids is 1. The molecule has 0 aliphatic heterocycles. The highest BCUT2D eigenvalue weighted by Gasteiger charge is 2.24. The predicted molar refractivity (Wildman–Crippen MR) is 75.8 cm³/mol. The first kappa shape index (κ1) is 14.0. The highest BCUT2D eigenvalue weighted by Crippen LogP contribution is 2.24. The Morgan fingerprint density at radius 2 is 2.16 bits per heavy atom. The van der Waals surface area contributed by atoms with E-state index in [1.165, 1.54) is 6.92 Å². The average Bonchev–Trinajstić information content (AvgIpc) is 2.77. The van der Waals surface area contributed by atoms with Crippen molar-refractivity contribution in [1.82, 2.24) is 5.32 Å². The molecular formula is C15H22N2O2. The van der Waals surface area contributed by atoms with Crippen molar-refractivity contribution >= 4 is 11.6 Å². The summed E-state index contributed by atoms with van der Waals surface area (Å²) in [5.74, 6) is 0.312. The van der Waals surface area contributed by atoms with Crippen molar-refractivity contribution in [2.24, 2.45) is 5.92 Å². The molecule has 0 heterocycles. The molecule has 1 aromatic rings. The molecule has 4 nitrogen and oxygen atoms in total. The maximum absolute atomic E-state index is 11.1. The van der Waals surface area contributed by atoms with Crippen LogP contribution in [0.1, 0.15) is 31.7 Å². The van der Waals surface area contributed by atoms with E-state index in [4.69, 9.17) is 0 Å². The van der Waals surface area contributed by atoms with E-state index in [0.717, 1.165) is 37.1 Å². The molecule has 1 aliphatic rings. The minimum atomic E-state index is -0.155. The van der Waals surface area contributed by atoms with Gasteiger partial charge in [-0.05, 0) is 30.4 Å². The fourth-order valence-electron chi connectivity index (χ4n) is 2.63. The van der Waals surface area contributed by atoms with E-state index in [9.17, 15) is 9.90 Å². The second kappa shape index (κ2) is 6.68. The number of aliphatic hydroxyl groups is 1. The quantitative estimate of drug-likeness (QED) is 0.759. The lowest BCUT2D eigenvalue weighted by Gasteiger charge is -2.16. The fraction of sp³-hybridized carbons (Fsp3) is 0.533.